The van der Waals surface area contributed by atoms with E-state index in [2.05, 4.69) is 14.9 Å². The number of rotatable bonds is 9. The first-order valence-electron chi connectivity index (χ1n) is 10.1. The summed E-state index contributed by atoms with van der Waals surface area (Å²) in [5.74, 6) is 2.21. The first-order chi connectivity index (χ1) is 15.2. The van der Waals surface area contributed by atoms with E-state index in [9.17, 15) is 4.79 Å². The molecule has 0 saturated heterocycles. The molecule has 0 atom stereocenters. The van der Waals surface area contributed by atoms with Crippen molar-refractivity contribution in [3.05, 3.63) is 84.4 Å². The van der Waals surface area contributed by atoms with Gasteiger partial charge in [0.1, 0.15) is 17.3 Å². The van der Waals surface area contributed by atoms with Crippen LogP contribution in [0.4, 0.5) is 0 Å². The monoisotopic (exact) mass is 416 g/mol. The Balaban J connectivity index is 1.42. The summed E-state index contributed by atoms with van der Waals surface area (Å²) < 4.78 is 13.2. The predicted molar refractivity (Wildman–Crippen MR) is 118 cm³/mol. The summed E-state index contributed by atoms with van der Waals surface area (Å²) in [6.07, 6.45) is 4.00. The Labute approximate surface area is 180 Å². The van der Waals surface area contributed by atoms with Crippen LogP contribution < -0.4 is 14.8 Å². The first-order valence-corrected chi connectivity index (χ1v) is 10.1. The normalized spacial score (nSPS) is 10.7. The van der Waals surface area contributed by atoms with Crippen LogP contribution in [0, 0.1) is 0 Å². The van der Waals surface area contributed by atoms with Gasteiger partial charge in [-0.3, -0.25) is 9.78 Å². The van der Waals surface area contributed by atoms with Crippen LogP contribution >= 0.6 is 0 Å². The van der Waals surface area contributed by atoms with Crippen LogP contribution in [0.15, 0.2) is 73.1 Å². The molecule has 1 amide bonds. The zero-order valence-electron chi connectivity index (χ0n) is 17.3. The highest BCUT2D eigenvalue weighted by Gasteiger charge is 2.12. The van der Waals surface area contributed by atoms with E-state index >= 15 is 0 Å². The lowest BCUT2D eigenvalue weighted by Crippen LogP contribution is -2.25. The number of hydrogen-bond acceptors (Lipinski definition) is 5. The fraction of sp³-hybridized carbons (Fsp3) is 0.208. The number of nitrogens with one attached hydrogen (secondary N) is 1. The van der Waals surface area contributed by atoms with E-state index in [0.29, 0.717) is 18.7 Å². The molecule has 0 fully saturated rings. The largest absolute Gasteiger partial charge is 0.497 e. The topological polar surface area (TPSA) is 78.3 Å². The van der Waals surface area contributed by atoms with Gasteiger partial charge in [0, 0.05) is 30.6 Å². The number of ether oxygens (including phenoxy) is 2. The third-order valence-electron chi connectivity index (χ3n) is 4.92. The number of benzene rings is 2. The Morgan fingerprint density at radius 3 is 2.68 bits per heavy atom. The Hall–Kier alpha value is -3.87. The number of amides is 1. The Morgan fingerprint density at radius 1 is 1.03 bits per heavy atom. The van der Waals surface area contributed by atoms with E-state index in [-0.39, 0.29) is 5.91 Å². The lowest BCUT2D eigenvalue weighted by atomic mass is 10.2. The van der Waals surface area contributed by atoms with E-state index in [0.717, 1.165) is 41.3 Å². The molecule has 2 aromatic heterocycles. The van der Waals surface area contributed by atoms with Crippen molar-refractivity contribution in [3.63, 3.8) is 0 Å². The number of aryl methyl sites for hydroxylation is 1. The molecule has 0 aliphatic heterocycles. The van der Waals surface area contributed by atoms with Crippen molar-refractivity contribution in [3.8, 4) is 11.5 Å². The van der Waals surface area contributed by atoms with E-state index < -0.39 is 0 Å². The summed E-state index contributed by atoms with van der Waals surface area (Å²) in [7, 11) is 1.64. The van der Waals surface area contributed by atoms with Gasteiger partial charge in [0.05, 0.1) is 31.3 Å². The highest BCUT2D eigenvalue weighted by molar-refractivity contribution is 5.93. The molecular formula is C24H24N4O3. The molecule has 2 heterocycles. The number of imidazole rings is 1. The minimum absolute atomic E-state index is 0.151. The van der Waals surface area contributed by atoms with Crippen molar-refractivity contribution in [1.29, 1.82) is 0 Å². The minimum Gasteiger partial charge on any atom is -0.497 e. The average molecular weight is 416 g/mol. The van der Waals surface area contributed by atoms with Gasteiger partial charge < -0.3 is 19.4 Å². The van der Waals surface area contributed by atoms with E-state index in [1.54, 1.807) is 31.6 Å². The molecule has 0 saturated carbocycles. The molecule has 158 valence electrons. The number of hydrogen-bond donors (Lipinski definition) is 1. The van der Waals surface area contributed by atoms with Gasteiger partial charge >= 0.3 is 0 Å². The first kappa shape index (κ1) is 20.4. The minimum atomic E-state index is -0.151. The smallest absolute Gasteiger partial charge is 0.251 e. The highest BCUT2D eigenvalue weighted by Crippen LogP contribution is 2.20. The van der Waals surface area contributed by atoms with Crippen LogP contribution in [0.25, 0.3) is 11.0 Å². The summed E-state index contributed by atoms with van der Waals surface area (Å²) >= 11 is 0. The van der Waals surface area contributed by atoms with E-state index in [1.165, 1.54) is 0 Å². The molecule has 7 nitrogen and oxygen atoms in total. The lowest BCUT2D eigenvalue weighted by molar-refractivity contribution is 0.0949. The molecule has 0 spiro atoms. The molecular weight excluding hydrogens is 392 g/mol. The van der Waals surface area contributed by atoms with Gasteiger partial charge in [0.15, 0.2) is 0 Å². The second-order valence-electron chi connectivity index (χ2n) is 6.97. The SMILES string of the molecule is COc1cccc(OCCCn2c(CNC(=O)c3ccncc3)nc3ccccc32)c1. The van der Waals surface area contributed by atoms with Crippen molar-refractivity contribution in [2.24, 2.45) is 0 Å². The van der Waals surface area contributed by atoms with Crippen molar-refractivity contribution in [1.82, 2.24) is 19.9 Å². The van der Waals surface area contributed by atoms with Crippen LogP contribution in [-0.4, -0.2) is 34.2 Å². The summed E-state index contributed by atoms with van der Waals surface area (Å²) in [4.78, 5) is 21.1. The fourth-order valence-electron chi connectivity index (χ4n) is 3.38. The van der Waals surface area contributed by atoms with E-state index in [1.807, 2.05) is 48.5 Å². The van der Waals surface area contributed by atoms with Gasteiger partial charge in [-0.15, -0.1) is 0 Å². The number of carbonyl (C=O) groups is 1. The average Bonchev–Trinajstić information content (AvgIpc) is 3.18. The van der Waals surface area contributed by atoms with Gasteiger partial charge in [-0.25, -0.2) is 4.98 Å². The van der Waals surface area contributed by atoms with Crippen LogP contribution in [-0.2, 0) is 13.1 Å². The third kappa shape index (κ3) is 5.01. The standard InChI is InChI=1S/C24H24N4O3/c1-30-19-6-4-7-20(16-19)31-15-5-14-28-22-9-3-2-8-21(22)27-23(28)17-26-24(29)18-10-12-25-13-11-18/h2-4,6-13,16H,5,14-15,17H2,1H3,(H,26,29). The number of carbonyl (C=O) groups excluding carboxylic acids is 1. The van der Waals surface area contributed by atoms with Crippen molar-refractivity contribution < 1.29 is 14.3 Å². The molecule has 0 aliphatic carbocycles. The van der Waals surface area contributed by atoms with Gasteiger partial charge in [0.2, 0.25) is 0 Å². The summed E-state index contributed by atoms with van der Waals surface area (Å²) in [5.41, 5.74) is 2.52. The van der Waals surface area contributed by atoms with Crippen molar-refractivity contribution in [2.45, 2.75) is 19.5 Å². The lowest BCUT2D eigenvalue weighted by Gasteiger charge is -2.11. The van der Waals surface area contributed by atoms with Gasteiger partial charge in [0.25, 0.3) is 5.91 Å². The Bertz CT molecular complexity index is 1160. The van der Waals surface area contributed by atoms with Crippen LogP contribution in [0.5, 0.6) is 11.5 Å². The third-order valence-corrected chi connectivity index (χ3v) is 4.92. The summed E-state index contributed by atoms with van der Waals surface area (Å²) in [5, 5.41) is 2.95. The molecule has 4 rings (SSSR count). The van der Waals surface area contributed by atoms with Gasteiger partial charge in [-0.05, 0) is 42.8 Å². The molecule has 1 N–H and O–H groups in total. The van der Waals surface area contributed by atoms with Gasteiger partial charge in [-0.1, -0.05) is 18.2 Å². The number of methoxy groups -OCH3 is 1. The molecule has 7 heteroatoms. The quantitative estimate of drug-likeness (QED) is 0.420. The molecule has 31 heavy (non-hydrogen) atoms. The van der Waals surface area contributed by atoms with Crippen LogP contribution in [0.3, 0.4) is 0 Å². The van der Waals surface area contributed by atoms with E-state index in [4.69, 9.17) is 14.5 Å². The molecule has 0 unspecified atom stereocenters. The second-order valence-corrected chi connectivity index (χ2v) is 6.97. The summed E-state index contributed by atoms with van der Waals surface area (Å²) in [6, 6.07) is 18.9. The van der Waals surface area contributed by atoms with Crippen LogP contribution in [0.1, 0.15) is 22.6 Å². The summed E-state index contributed by atoms with van der Waals surface area (Å²) in [6.45, 7) is 1.63. The molecule has 2 aromatic carbocycles. The van der Waals surface area contributed by atoms with Crippen molar-refractivity contribution >= 4 is 16.9 Å². The maximum atomic E-state index is 12.4. The number of fused-ring (bicyclic) bond motifs is 1. The Morgan fingerprint density at radius 2 is 1.84 bits per heavy atom. The fourth-order valence-corrected chi connectivity index (χ4v) is 3.38. The zero-order chi connectivity index (χ0) is 21.5. The maximum absolute atomic E-state index is 12.4. The number of pyridine rings is 1. The Kier molecular flexibility index (Phi) is 6.42. The molecule has 0 aliphatic rings. The molecule has 4 aromatic rings. The number of para-hydroxylation sites is 2. The van der Waals surface area contributed by atoms with Gasteiger partial charge in [-0.2, -0.15) is 0 Å². The second kappa shape index (κ2) is 9.75. The number of nitrogens with zero attached hydrogens (tertiary/aromatic N) is 3. The molecule has 0 radical (unpaired) electrons. The van der Waals surface area contributed by atoms with Crippen LogP contribution in [0.2, 0.25) is 0 Å². The highest BCUT2D eigenvalue weighted by atomic mass is 16.5. The maximum Gasteiger partial charge on any atom is 0.251 e. The zero-order valence-corrected chi connectivity index (χ0v) is 17.3. The number of aromatic nitrogens is 3. The molecule has 0 bridgehead atoms. The predicted octanol–water partition coefficient (Wildman–Crippen LogP) is 3.84. The van der Waals surface area contributed by atoms with Crippen molar-refractivity contribution in [2.75, 3.05) is 13.7 Å².